The van der Waals surface area contributed by atoms with E-state index in [2.05, 4.69) is 5.32 Å². The Labute approximate surface area is 142 Å². The van der Waals surface area contributed by atoms with Gasteiger partial charge in [0.05, 0.1) is 6.61 Å². The summed E-state index contributed by atoms with van der Waals surface area (Å²) >= 11 is 0. The summed E-state index contributed by atoms with van der Waals surface area (Å²) in [5.74, 6) is 1.58. The first kappa shape index (κ1) is 16.5. The van der Waals surface area contributed by atoms with E-state index in [0.29, 0.717) is 24.4 Å². The molecule has 0 saturated heterocycles. The number of ether oxygens (including phenoxy) is 1. The van der Waals surface area contributed by atoms with Crippen molar-refractivity contribution in [2.75, 3.05) is 13.2 Å². The highest BCUT2D eigenvalue weighted by Gasteiger charge is 2.22. The van der Waals surface area contributed by atoms with E-state index in [0.717, 1.165) is 28.7 Å². The molecule has 2 aromatic rings. The third-order valence-corrected chi connectivity index (χ3v) is 4.37. The molecule has 1 aliphatic carbocycles. The van der Waals surface area contributed by atoms with Gasteiger partial charge in [0, 0.05) is 19.0 Å². The maximum Gasteiger partial charge on any atom is 0.216 e. The predicted octanol–water partition coefficient (Wildman–Crippen LogP) is 3.51. The summed E-state index contributed by atoms with van der Waals surface area (Å²) in [6.07, 6.45) is 3.21. The molecular weight excluding hydrogens is 302 g/mol. The van der Waals surface area contributed by atoms with Gasteiger partial charge in [0.25, 0.3) is 0 Å². The lowest BCUT2D eigenvalue weighted by Gasteiger charge is -2.12. The standard InChI is InChI=1S/C20H23NO3/c1-13(22)18-9-16-5-6-19(24-12-15-3-4-15)11-20(16)17(10-18)7-8-21-14(2)23/h5-6,9-11,15H,3-4,7-8,12H2,1-2H3,(H,21,23). The molecule has 126 valence electrons. The molecule has 3 rings (SSSR count). The van der Waals surface area contributed by atoms with Crippen molar-refractivity contribution in [1.29, 1.82) is 0 Å². The van der Waals surface area contributed by atoms with Crippen molar-refractivity contribution in [3.63, 3.8) is 0 Å². The summed E-state index contributed by atoms with van der Waals surface area (Å²) < 4.78 is 5.88. The number of carbonyl (C=O) groups is 2. The van der Waals surface area contributed by atoms with Gasteiger partial charge in [-0.05, 0) is 72.7 Å². The van der Waals surface area contributed by atoms with Crippen LogP contribution < -0.4 is 10.1 Å². The molecule has 24 heavy (non-hydrogen) atoms. The summed E-state index contributed by atoms with van der Waals surface area (Å²) in [4.78, 5) is 22.9. The number of Topliss-reactive ketones (excluding diaryl/α,β-unsaturated/α-hetero) is 1. The first-order valence-corrected chi connectivity index (χ1v) is 8.48. The van der Waals surface area contributed by atoms with Gasteiger partial charge in [-0.15, -0.1) is 0 Å². The second-order valence-electron chi connectivity index (χ2n) is 6.56. The third-order valence-electron chi connectivity index (χ3n) is 4.37. The van der Waals surface area contributed by atoms with Crippen molar-refractivity contribution in [3.05, 3.63) is 41.5 Å². The number of rotatable bonds is 7. The van der Waals surface area contributed by atoms with Gasteiger partial charge in [-0.1, -0.05) is 6.07 Å². The fraction of sp³-hybridized carbons (Fsp3) is 0.400. The summed E-state index contributed by atoms with van der Waals surface area (Å²) in [7, 11) is 0. The molecule has 4 heteroatoms. The molecule has 0 heterocycles. The Morgan fingerprint density at radius 3 is 2.62 bits per heavy atom. The number of fused-ring (bicyclic) bond motifs is 1. The Morgan fingerprint density at radius 1 is 1.17 bits per heavy atom. The van der Waals surface area contributed by atoms with Crippen LogP contribution in [0, 0.1) is 5.92 Å². The van der Waals surface area contributed by atoms with E-state index >= 15 is 0 Å². The zero-order chi connectivity index (χ0) is 17.1. The van der Waals surface area contributed by atoms with Crippen LogP contribution in [0.1, 0.15) is 42.6 Å². The SMILES string of the molecule is CC(=O)NCCc1cc(C(C)=O)cc2ccc(OCC3CC3)cc12. The summed E-state index contributed by atoms with van der Waals surface area (Å²) in [5, 5.41) is 4.92. The third kappa shape index (κ3) is 4.13. The van der Waals surface area contributed by atoms with Gasteiger partial charge in [0.15, 0.2) is 5.78 Å². The first-order chi connectivity index (χ1) is 11.5. The van der Waals surface area contributed by atoms with Crippen LogP contribution >= 0.6 is 0 Å². The molecule has 0 spiro atoms. The Bertz CT molecular complexity index is 778. The zero-order valence-corrected chi connectivity index (χ0v) is 14.2. The van der Waals surface area contributed by atoms with Crippen LogP contribution in [0.5, 0.6) is 5.75 Å². The maximum absolute atomic E-state index is 11.8. The maximum atomic E-state index is 11.8. The highest BCUT2D eigenvalue weighted by atomic mass is 16.5. The Hall–Kier alpha value is -2.36. The molecule has 1 fully saturated rings. The van der Waals surface area contributed by atoms with Crippen LogP contribution in [-0.2, 0) is 11.2 Å². The molecular formula is C20H23NO3. The lowest BCUT2D eigenvalue weighted by molar-refractivity contribution is -0.118. The largest absolute Gasteiger partial charge is 0.493 e. The van der Waals surface area contributed by atoms with Crippen molar-refractivity contribution >= 4 is 22.5 Å². The number of benzene rings is 2. The highest BCUT2D eigenvalue weighted by Crippen LogP contribution is 2.31. The number of hydrogen-bond acceptors (Lipinski definition) is 3. The minimum absolute atomic E-state index is 0.0458. The van der Waals surface area contributed by atoms with Crippen LogP contribution in [0.3, 0.4) is 0 Å². The van der Waals surface area contributed by atoms with Crippen molar-refractivity contribution < 1.29 is 14.3 Å². The average Bonchev–Trinajstić information content (AvgIpc) is 3.36. The first-order valence-electron chi connectivity index (χ1n) is 8.48. The Morgan fingerprint density at radius 2 is 1.96 bits per heavy atom. The van der Waals surface area contributed by atoms with Crippen LogP contribution in [0.2, 0.25) is 0 Å². The van der Waals surface area contributed by atoms with E-state index in [9.17, 15) is 9.59 Å². The van der Waals surface area contributed by atoms with Gasteiger partial charge in [-0.25, -0.2) is 0 Å². The van der Waals surface area contributed by atoms with E-state index in [4.69, 9.17) is 4.74 Å². The smallest absolute Gasteiger partial charge is 0.216 e. The van der Waals surface area contributed by atoms with Crippen molar-refractivity contribution in [3.8, 4) is 5.75 Å². The van der Waals surface area contributed by atoms with Crippen molar-refractivity contribution in [1.82, 2.24) is 5.32 Å². The van der Waals surface area contributed by atoms with Crippen LogP contribution in [0.25, 0.3) is 10.8 Å². The molecule has 2 aromatic carbocycles. The molecule has 1 amide bonds. The van der Waals surface area contributed by atoms with Gasteiger partial charge < -0.3 is 10.1 Å². The molecule has 0 aromatic heterocycles. The summed E-state index contributed by atoms with van der Waals surface area (Å²) in [5.41, 5.74) is 1.76. The van der Waals surface area contributed by atoms with E-state index < -0.39 is 0 Å². The monoisotopic (exact) mass is 325 g/mol. The van der Waals surface area contributed by atoms with Crippen molar-refractivity contribution in [2.24, 2.45) is 5.92 Å². The van der Waals surface area contributed by atoms with E-state index in [-0.39, 0.29) is 11.7 Å². The van der Waals surface area contributed by atoms with Crippen LogP contribution in [-0.4, -0.2) is 24.8 Å². The quantitative estimate of drug-likeness (QED) is 0.793. The molecule has 1 aliphatic rings. The minimum atomic E-state index is -0.0458. The molecule has 4 nitrogen and oxygen atoms in total. The fourth-order valence-corrected chi connectivity index (χ4v) is 2.79. The average molecular weight is 325 g/mol. The minimum Gasteiger partial charge on any atom is -0.493 e. The normalized spacial score (nSPS) is 13.8. The molecule has 0 bridgehead atoms. The highest BCUT2D eigenvalue weighted by molar-refractivity contribution is 6.00. The molecule has 1 N–H and O–H groups in total. The van der Waals surface area contributed by atoms with Gasteiger partial charge in [0.2, 0.25) is 5.91 Å². The molecule has 0 aliphatic heterocycles. The number of amides is 1. The second-order valence-corrected chi connectivity index (χ2v) is 6.56. The topological polar surface area (TPSA) is 55.4 Å². The Balaban J connectivity index is 1.90. The molecule has 0 atom stereocenters. The summed E-state index contributed by atoms with van der Waals surface area (Å²) in [6.45, 7) is 4.41. The van der Waals surface area contributed by atoms with Gasteiger partial charge >= 0.3 is 0 Å². The van der Waals surface area contributed by atoms with Gasteiger partial charge in [-0.2, -0.15) is 0 Å². The number of carbonyl (C=O) groups excluding carboxylic acids is 2. The van der Waals surface area contributed by atoms with Crippen molar-refractivity contribution in [2.45, 2.75) is 33.1 Å². The van der Waals surface area contributed by atoms with E-state index in [1.165, 1.54) is 19.8 Å². The van der Waals surface area contributed by atoms with Crippen LogP contribution in [0.15, 0.2) is 30.3 Å². The van der Waals surface area contributed by atoms with E-state index in [1.54, 1.807) is 6.92 Å². The Kier molecular flexibility index (Phi) is 4.84. The lowest BCUT2D eigenvalue weighted by atomic mass is 9.97. The number of nitrogens with one attached hydrogen (secondary N) is 1. The molecule has 0 radical (unpaired) electrons. The molecule has 1 saturated carbocycles. The lowest BCUT2D eigenvalue weighted by Crippen LogP contribution is -2.22. The van der Waals surface area contributed by atoms with Gasteiger partial charge in [0.1, 0.15) is 5.75 Å². The number of hydrogen-bond donors (Lipinski definition) is 1. The zero-order valence-electron chi connectivity index (χ0n) is 14.2. The fourth-order valence-electron chi connectivity index (χ4n) is 2.79. The van der Waals surface area contributed by atoms with Gasteiger partial charge in [-0.3, -0.25) is 9.59 Å². The van der Waals surface area contributed by atoms with Crippen LogP contribution in [0.4, 0.5) is 0 Å². The second kappa shape index (κ2) is 7.04. The number of ketones is 1. The van der Waals surface area contributed by atoms with E-state index in [1.807, 2.05) is 30.3 Å². The molecule has 0 unspecified atom stereocenters. The predicted molar refractivity (Wildman–Crippen MR) is 94.6 cm³/mol. The summed E-state index contributed by atoms with van der Waals surface area (Å²) in [6, 6.07) is 9.87.